The molecule has 0 aromatic rings. The van der Waals surface area contributed by atoms with Crippen molar-refractivity contribution in [3.8, 4) is 0 Å². The molecule has 0 bridgehead atoms. The standard InChI is InChI=1S/C11H21NO/c1-10(2)12-11(8-9-13-10)6-4-3-5-7-11/h12H,3-9H2,1-2H3. The van der Waals surface area contributed by atoms with E-state index in [1.165, 1.54) is 38.5 Å². The molecule has 0 amide bonds. The molecule has 76 valence electrons. The maximum atomic E-state index is 5.68. The number of rotatable bonds is 0. The first kappa shape index (κ1) is 9.47. The van der Waals surface area contributed by atoms with Crippen molar-refractivity contribution >= 4 is 0 Å². The minimum absolute atomic E-state index is 0.102. The van der Waals surface area contributed by atoms with E-state index in [9.17, 15) is 0 Å². The fraction of sp³-hybridized carbons (Fsp3) is 1.00. The Labute approximate surface area is 81.0 Å². The molecule has 2 aliphatic rings. The van der Waals surface area contributed by atoms with E-state index >= 15 is 0 Å². The molecule has 0 aromatic heterocycles. The summed E-state index contributed by atoms with van der Waals surface area (Å²) >= 11 is 0. The summed E-state index contributed by atoms with van der Waals surface area (Å²) in [5, 5.41) is 3.69. The highest BCUT2D eigenvalue weighted by Gasteiger charge is 2.40. The summed E-state index contributed by atoms with van der Waals surface area (Å²) in [6, 6.07) is 0. The van der Waals surface area contributed by atoms with Crippen LogP contribution in [0.5, 0.6) is 0 Å². The van der Waals surface area contributed by atoms with Gasteiger partial charge in [0, 0.05) is 5.54 Å². The van der Waals surface area contributed by atoms with Gasteiger partial charge >= 0.3 is 0 Å². The maximum Gasteiger partial charge on any atom is 0.113 e. The molecule has 1 aliphatic heterocycles. The first-order valence-electron chi connectivity index (χ1n) is 5.55. The van der Waals surface area contributed by atoms with Gasteiger partial charge in [0.15, 0.2) is 0 Å². The summed E-state index contributed by atoms with van der Waals surface area (Å²) in [7, 11) is 0. The fourth-order valence-corrected chi connectivity index (χ4v) is 2.84. The van der Waals surface area contributed by atoms with Gasteiger partial charge in [-0.05, 0) is 33.1 Å². The van der Waals surface area contributed by atoms with Crippen molar-refractivity contribution in [1.82, 2.24) is 5.32 Å². The summed E-state index contributed by atoms with van der Waals surface area (Å²) < 4.78 is 5.68. The van der Waals surface area contributed by atoms with Gasteiger partial charge in [-0.2, -0.15) is 0 Å². The van der Waals surface area contributed by atoms with E-state index in [0.29, 0.717) is 5.54 Å². The normalized spacial score (nSPS) is 31.8. The van der Waals surface area contributed by atoms with Crippen LogP contribution in [0.3, 0.4) is 0 Å². The molecule has 2 fully saturated rings. The Kier molecular flexibility index (Phi) is 2.37. The largest absolute Gasteiger partial charge is 0.361 e. The Hall–Kier alpha value is -0.0800. The molecule has 2 rings (SSSR count). The molecular weight excluding hydrogens is 162 g/mol. The lowest BCUT2D eigenvalue weighted by Crippen LogP contribution is -2.61. The summed E-state index contributed by atoms with van der Waals surface area (Å²) in [6.45, 7) is 5.21. The van der Waals surface area contributed by atoms with E-state index in [4.69, 9.17) is 4.74 Å². The SMILES string of the molecule is CC1(C)NC2(CCCCC2)CCO1. The zero-order chi connectivity index (χ0) is 9.36. The van der Waals surface area contributed by atoms with Crippen LogP contribution in [0.4, 0.5) is 0 Å². The van der Waals surface area contributed by atoms with Gasteiger partial charge in [0.1, 0.15) is 5.72 Å². The van der Waals surface area contributed by atoms with Gasteiger partial charge in [0.05, 0.1) is 6.61 Å². The third-order valence-corrected chi connectivity index (χ3v) is 3.42. The Morgan fingerprint density at radius 3 is 2.31 bits per heavy atom. The zero-order valence-electron chi connectivity index (χ0n) is 8.86. The van der Waals surface area contributed by atoms with E-state index in [1.807, 2.05) is 0 Å². The summed E-state index contributed by atoms with van der Waals surface area (Å²) in [5.41, 5.74) is 0.315. The van der Waals surface area contributed by atoms with E-state index in [-0.39, 0.29) is 5.72 Å². The molecule has 2 nitrogen and oxygen atoms in total. The number of hydrogen-bond acceptors (Lipinski definition) is 2. The van der Waals surface area contributed by atoms with E-state index in [1.54, 1.807) is 0 Å². The van der Waals surface area contributed by atoms with E-state index in [0.717, 1.165) is 6.61 Å². The van der Waals surface area contributed by atoms with Gasteiger partial charge in [-0.15, -0.1) is 0 Å². The van der Waals surface area contributed by atoms with E-state index < -0.39 is 0 Å². The van der Waals surface area contributed by atoms with Gasteiger partial charge < -0.3 is 4.74 Å². The number of nitrogens with one attached hydrogen (secondary N) is 1. The van der Waals surface area contributed by atoms with Crippen LogP contribution in [0, 0.1) is 0 Å². The molecule has 1 aliphatic carbocycles. The van der Waals surface area contributed by atoms with E-state index in [2.05, 4.69) is 19.2 Å². The van der Waals surface area contributed by atoms with Gasteiger partial charge in [-0.1, -0.05) is 19.3 Å². The number of hydrogen-bond donors (Lipinski definition) is 1. The Balaban J connectivity index is 2.04. The van der Waals surface area contributed by atoms with Crippen molar-refractivity contribution < 1.29 is 4.74 Å². The molecule has 0 radical (unpaired) electrons. The second-order valence-electron chi connectivity index (χ2n) is 5.07. The molecule has 0 aromatic carbocycles. The van der Waals surface area contributed by atoms with Crippen molar-refractivity contribution in [2.24, 2.45) is 0 Å². The van der Waals surface area contributed by atoms with Crippen LogP contribution in [0.25, 0.3) is 0 Å². The summed E-state index contributed by atoms with van der Waals surface area (Å²) in [6.07, 6.45) is 8.10. The third kappa shape index (κ3) is 2.05. The highest BCUT2D eigenvalue weighted by molar-refractivity contribution is 4.96. The van der Waals surface area contributed by atoms with Crippen molar-refractivity contribution in [2.75, 3.05) is 6.61 Å². The minimum Gasteiger partial charge on any atom is -0.361 e. The first-order chi connectivity index (χ1) is 6.12. The predicted octanol–water partition coefficient (Wildman–Crippen LogP) is 2.44. The Morgan fingerprint density at radius 2 is 1.69 bits per heavy atom. The average Bonchev–Trinajstić information content (AvgIpc) is 2.03. The van der Waals surface area contributed by atoms with Gasteiger partial charge in [-0.3, -0.25) is 5.32 Å². The van der Waals surface area contributed by atoms with Gasteiger partial charge in [-0.25, -0.2) is 0 Å². The lowest BCUT2D eigenvalue weighted by molar-refractivity contribution is -0.116. The highest BCUT2D eigenvalue weighted by atomic mass is 16.5. The van der Waals surface area contributed by atoms with Crippen LogP contribution in [-0.2, 0) is 4.74 Å². The van der Waals surface area contributed by atoms with Crippen molar-refractivity contribution in [3.63, 3.8) is 0 Å². The molecule has 1 N–H and O–H groups in total. The van der Waals surface area contributed by atoms with Crippen molar-refractivity contribution in [3.05, 3.63) is 0 Å². The molecule has 1 spiro atoms. The van der Waals surface area contributed by atoms with Gasteiger partial charge in [0.2, 0.25) is 0 Å². The van der Waals surface area contributed by atoms with Crippen LogP contribution in [0.1, 0.15) is 52.4 Å². The third-order valence-electron chi connectivity index (χ3n) is 3.42. The first-order valence-corrected chi connectivity index (χ1v) is 5.55. The van der Waals surface area contributed by atoms with Crippen LogP contribution in [0.2, 0.25) is 0 Å². The summed E-state index contributed by atoms with van der Waals surface area (Å²) in [5.74, 6) is 0. The molecule has 0 unspecified atom stereocenters. The lowest BCUT2D eigenvalue weighted by Gasteiger charge is -2.48. The average molecular weight is 183 g/mol. The topological polar surface area (TPSA) is 21.3 Å². The van der Waals surface area contributed by atoms with Crippen molar-refractivity contribution in [1.29, 1.82) is 0 Å². The molecule has 1 saturated heterocycles. The smallest absolute Gasteiger partial charge is 0.113 e. The summed E-state index contributed by atoms with van der Waals surface area (Å²) in [4.78, 5) is 0. The van der Waals surface area contributed by atoms with Crippen LogP contribution < -0.4 is 5.32 Å². The molecule has 1 heterocycles. The number of ether oxygens (including phenoxy) is 1. The Bertz CT molecular complexity index is 177. The minimum atomic E-state index is -0.102. The fourth-order valence-electron chi connectivity index (χ4n) is 2.84. The van der Waals surface area contributed by atoms with Crippen LogP contribution in [-0.4, -0.2) is 17.9 Å². The van der Waals surface area contributed by atoms with Crippen LogP contribution in [0.15, 0.2) is 0 Å². The quantitative estimate of drug-likeness (QED) is 0.623. The van der Waals surface area contributed by atoms with Crippen molar-refractivity contribution in [2.45, 2.75) is 63.6 Å². The highest BCUT2D eigenvalue weighted by Crippen LogP contribution is 2.35. The monoisotopic (exact) mass is 183 g/mol. The predicted molar refractivity (Wildman–Crippen MR) is 53.6 cm³/mol. The lowest BCUT2D eigenvalue weighted by atomic mass is 9.78. The second-order valence-corrected chi connectivity index (χ2v) is 5.07. The van der Waals surface area contributed by atoms with Gasteiger partial charge in [0.25, 0.3) is 0 Å². The Morgan fingerprint density at radius 1 is 1.00 bits per heavy atom. The molecule has 2 heteroatoms. The molecule has 1 saturated carbocycles. The second kappa shape index (κ2) is 3.25. The maximum absolute atomic E-state index is 5.68. The molecule has 13 heavy (non-hydrogen) atoms. The molecule has 0 atom stereocenters. The molecular formula is C11H21NO. The van der Waals surface area contributed by atoms with Crippen LogP contribution >= 0.6 is 0 Å². The zero-order valence-corrected chi connectivity index (χ0v) is 8.86.